The number of carbonyl (C=O) groups excluding carboxylic acids is 1. The van der Waals surface area contributed by atoms with E-state index in [0.29, 0.717) is 0 Å². The third kappa shape index (κ3) is 1.98. The molecule has 0 saturated carbocycles. The quantitative estimate of drug-likeness (QED) is 0.404. The molecule has 0 aromatic carbocycles. The summed E-state index contributed by atoms with van der Waals surface area (Å²) in [4.78, 5) is 10.6. The Morgan fingerprint density at radius 2 is 2.12 bits per heavy atom. The van der Waals surface area contributed by atoms with Crippen molar-refractivity contribution < 1.29 is 4.79 Å². The fraction of sp³-hybridized carbons (Fsp3) is 0.750. The van der Waals surface area contributed by atoms with E-state index >= 15 is 0 Å². The van der Waals surface area contributed by atoms with Crippen LogP contribution in [0.2, 0.25) is 0 Å². The Balaban J connectivity index is 3.46. The average molecular weight is 114 g/mol. The van der Waals surface area contributed by atoms with Crippen LogP contribution in [-0.4, -0.2) is 33.8 Å². The largest absolute Gasteiger partial charge is 0.358 e. The minimum Gasteiger partial charge on any atom is -0.358 e. The van der Waals surface area contributed by atoms with Gasteiger partial charge in [0.25, 0.3) is 0 Å². The number of rotatable bonds is 2. The molecule has 0 aliphatic carbocycles. The lowest BCUT2D eigenvalue weighted by Gasteiger charge is -2.05. The first-order valence-corrected chi connectivity index (χ1v) is 2.61. The highest BCUT2D eigenvalue weighted by molar-refractivity contribution is 6.23. The molecule has 0 aromatic rings. The average Bonchev–Trinajstić information content (AvgIpc) is 1.84. The van der Waals surface area contributed by atoms with Gasteiger partial charge in [0.15, 0.2) is 0 Å². The van der Waals surface area contributed by atoms with Crippen LogP contribution >= 0.6 is 0 Å². The molecule has 1 atom stereocenters. The van der Waals surface area contributed by atoms with E-state index in [9.17, 15) is 4.79 Å². The summed E-state index contributed by atoms with van der Waals surface area (Å²) in [7, 11) is 5.18. The van der Waals surface area contributed by atoms with Crippen molar-refractivity contribution in [2.24, 2.45) is 0 Å². The second kappa shape index (κ2) is 3.49. The standard InChI is InChI=1S/C4H11BN2O/c1-6-3(5)4(8)7-2/h3,6H,5H2,1-2H3,(H,7,8). The van der Waals surface area contributed by atoms with Crippen LogP contribution in [0, 0.1) is 0 Å². The van der Waals surface area contributed by atoms with Gasteiger partial charge in [0.05, 0.1) is 5.94 Å². The number of hydrogen-bond donors (Lipinski definition) is 2. The Labute approximate surface area is 50.2 Å². The predicted molar refractivity (Wildman–Crippen MR) is 35.5 cm³/mol. The fourth-order valence-electron chi connectivity index (χ4n) is 0.348. The molecule has 0 aliphatic rings. The van der Waals surface area contributed by atoms with Crippen molar-refractivity contribution >= 4 is 13.8 Å². The molecule has 1 amide bonds. The van der Waals surface area contributed by atoms with Gasteiger partial charge in [-0.05, 0) is 7.05 Å². The van der Waals surface area contributed by atoms with E-state index in [-0.39, 0.29) is 11.8 Å². The third-order valence-electron chi connectivity index (χ3n) is 1.07. The lowest BCUT2D eigenvalue weighted by molar-refractivity contribution is -0.120. The third-order valence-corrected chi connectivity index (χ3v) is 1.07. The summed E-state index contributed by atoms with van der Waals surface area (Å²) >= 11 is 0. The number of amides is 1. The lowest BCUT2D eigenvalue weighted by atomic mass is 9.96. The van der Waals surface area contributed by atoms with Gasteiger partial charge in [0.2, 0.25) is 5.91 Å². The van der Waals surface area contributed by atoms with Crippen LogP contribution in [0.25, 0.3) is 0 Å². The van der Waals surface area contributed by atoms with Gasteiger partial charge in [-0.3, -0.25) is 4.79 Å². The molecule has 4 heteroatoms. The molecule has 0 bridgehead atoms. The second-order valence-electron chi connectivity index (χ2n) is 1.62. The first kappa shape index (κ1) is 7.49. The SMILES string of the molecule is BC(NC)C(=O)NC. The maximum atomic E-state index is 10.6. The summed E-state index contributed by atoms with van der Waals surface area (Å²) in [6.45, 7) is 0. The van der Waals surface area contributed by atoms with Crippen molar-refractivity contribution in [2.45, 2.75) is 5.94 Å². The molecule has 46 valence electrons. The maximum absolute atomic E-state index is 10.6. The van der Waals surface area contributed by atoms with Crippen molar-refractivity contribution in [1.82, 2.24) is 10.6 Å². The number of carbonyl (C=O) groups is 1. The summed E-state index contributed by atoms with van der Waals surface area (Å²) in [6, 6.07) is 0. The normalized spacial score (nSPS) is 12.8. The molecule has 0 radical (unpaired) electrons. The highest BCUT2D eigenvalue weighted by Gasteiger charge is 2.05. The van der Waals surface area contributed by atoms with Gasteiger partial charge in [0.1, 0.15) is 7.85 Å². The van der Waals surface area contributed by atoms with Crippen LogP contribution in [0.1, 0.15) is 0 Å². The molecule has 2 N–H and O–H groups in total. The summed E-state index contributed by atoms with van der Waals surface area (Å²) in [5.41, 5.74) is 0. The molecule has 8 heavy (non-hydrogen) atoms. The van der Waals surface area contributed by atoms with Crippen molar-refractivity contribution in [3.05, 3.63) is 0 Å². The van der Waals surface area contributed by atoms with Crippen LogP contribution in [-0.2, 0) is 4.79 Å². The molecule has 0 heterocycles. The number of likely N-dealkylation sites (N-methyl/N-ethyl adjacent to an activating group) is 2. The fourth-order valence-corrected chi connectivity index (χ4v) is 0.348. The van der Waals surface area contributed by atoms with Crippen molar-refractivity contribution in [3.63, 3.8) is 0 Å². The molecule has 1 unspecified atom stereocenters. The molecule has 0 aromatic heterocycles. The van der Waals surface area contributed by atoms with E-state index < -0.39 is 0 Å². The van der Waals surface area contributed by atoms with Crippen molar-refractivity contribution in [3.8, 4) is 0 Å². The highest BCUT2D eigenvalue weighted by Crippen LogP contribution is 1.69. The van der Waals surface area contributed by atoms with Crippen molar-refractivity contribution in [1.29, 1.82) is 0 Å². The van der Waals surface area contributed by atoms with E-state index in [0.717, 1.165) is 0 Å². The van der Waals surface area contributed by atoms with Gasteiger partial charge in [-0.1, -0.05) is 0 Å². The zero-order chi connectivity index (χ0) is 6.57. The smallest absolute Gasteiger partial charge is 0.228 e. The van der Waals surface area contributed by atoms with E-state index in [1.54, 1.807) is 21.9 Å². The number of hydrogen-bond acceptors (Lipinski definition) is 2. The molecular formula is C4H11BN2O. The van der Waals surface area contributed by atoms with Gasteiger partial charge in [0, 0.05) is 7.05 Å². The molecule has 0 rings (SSSR count). The van der Waals surface area contributed by atoms with Gasteiger partial charge < -0.3 is 10.6 Å². The topological polar surface area (TPSA) is 41.1 Å². The van der Waals surface area contributed by atoms with E-state index in [2.05, 4.69) is 10.6 Å². The summed E-state index contributed by atoms with van der Waals surface area (Å²) in [5.74, 6) is -0.0625. The second-order valence-corrected chi connectivity index (χ2v) is 1.62. The molecule has 0 saturated heterocycles. The molecule has 3 nitrogen and oxygen atoms in total. The van der Waals surface area contributed by atoms with Crippen LogP contribution < -0.4 is 10.6 Å². The lowest BCUT2D eigenvalue weighted by Crippen LogP contribution is -2.41. The van der Waals surface area contributed by atoms with Crippen LogP contribution in [0.5, 0.6) is 0 Å². The van der Waals surface area contributed by atoms with E-state index in [4.69, 9.17) is 0 Å². The Morgan fingerprint density at radius 3 is 2.25 bits per heavy atom. The van der Waals surface area contributed by atoms with Gasteiger partial charge >= 0.3 is 0 Å². The van der Waals surface area contributed by atoms with Gasteiger partial charge in [-0.15, -0.1) is 0 Å². The Bertz CT molecular complexity index is 86.1. The first-order valence-electron chi connectivity index (χ1n) is 2.61. The monoisotopic (exact) mass is 114 g/mol. The molecule has 0 fully saturated rings. The Hall–Kier alpha value is -0.505. The maximum Gasteiger partial charge on any atom is 0.228 e. The van der Waals surface area contributed by atoms with Gasteiger partial charge in [-0.2, -0.15) is 0 Å². The molecular weight excluding hydrogens is 103 g/mol. The summed E-state index contributed by atoms with van der Waals surface area (Å²) < 4.78 is 0. The minimum absolute atomic E-state index is 0.0208. The Morgan fingerprint density at radius 1 is 1.62 bits per heavy atom. The van der Waals surface area contributed by atoms with E-state index in [1.165, 1.54) is 0 Å². The van der Waals surface area contributed by atoms with Crippen LogP contribution in [0.4, 0.5) is 0 Å². The summed E-state index contributed by atoms with van der Waals surface area (Å²) in [6.07, 6.45) is 0. The first-order chi connectivity index (χ1) is 3.72. The van der Waals surface area contributed by atoms with Crippen molar-refractivity contribution in [2.75, 3.05) is 14.1 Å². The zero-order valence-corrected chi connectivity index (χ0v) is 5.49. The molecule has 0 spiro atoms. The number of nitrogens with one attached hydrogen (secondary N) is 2. The van der Waals surface area contributed by atoms with Gasteiger partial charge in [-0.25, -0.2) is 0 Å². The highest BCUT2D eigenvalue weighted by atomic mass is 16.2. The summed E-state index contributed by atoms with van der Waals surface area (Å²) in [5, 5.41) is 5.32. The predicted octanol–water partition coefficient (Wildman–Crippen LogP) is -2.09. The van der Waals surface area contributed by atoms with E-state index in [1.807, 2.05) is 0 Å². The minimum atomic E-state index is -0.0833. The molecule has 0 aliphatic heterocycles. The van der Waals surface area contributed by atoms with Crippen LogP contribution in [0.3, 0.4) is 0 Å². The van der Waals surface area contributed by atoms with Crippen LogP contribution in [0.15, 0.2) is 0 Å². The Kier molecular flexibility index (Phi) is 3.27. The zero-order valence-electron chi connectivity index (χ0n) is 5.49.